The van der Waals surface area contributed by atoms with Crippen LogP contribution < -0.4 is 0 Å². The molecule has 1 N–H and O–H groups in total. The number of carbonyl (C=O) groups excluding carboxylic acids is 1. The van der Waals surface area contributed by atoms with Crippen molar-refractivity contribution in [3.05, 3.63) is 71.8 Å². The third-order valence-corrected chi connectivity index (χ3v) is 3.67. The van der Waals surface area contributed by atoms with Crippen molar-refractivity contribution in [3.63, 3.8) is 0 Å². The third kappa shape index (κ3) is 3.68. The SMILES string of the molecule is O=C(c1ccccc1)C(O)(c1ccccc1)C(C(F)(F)F)C(F)(F)F. The van der Waals surface area contributed by atoms with Gasteiger partial charge in [-0.1, -0.05) is 60.7 Å². The van der Waals surface area contributed by atoms with Crippen LogP contribution in [0.5, 0.6) is 0 Å². The predicted molar refractivity (Wildman–Crippen MR) is 76.7 cm³/mol. The van der Waals surface area contributed by atoms with Crippen molar-refractivity contribution in [1.82, 2.24) is 0 Å². The average Bonchev–Trinajstić information content (AvgIpc) is 2.53. The Labute approximate surface area is 138 Å². The first-order valence-electron chi connectivity index (χ1n) is 7.00. The Kier molecular flexibility index (Phi) is 4.94. The summed E-state index contributed by atoms with van der Waals surface area (Å²) in [5, 5.41) is 10.5. The van der Waals surface area contributed by atoms with Crippen LogP contribution in [0.1, 0.15) is 15.9 Å². The molecular weight excluding hydrogens is 350 g/mol. The van der Waals surface area contributed by atoms with Crippen LogP contribution in [0.25, 0.3) is 0 Å². The van der Waals surface area contributed by atoms with E-state index in [4.69, 9.17) is 0 Å². The van der Waals surface area contributed by atoms with E-state index in [1.165, 1.54) is 24.3 Å². The smallest absolute Gasteiger partial charge is 0.376 e. The first-order chi connectivity index (χ1) is 11.5. The highest BCUT2D eigenvalue weighted by Gasteiger charge is 2.69. The van der Waals surface area contributed by atoms with Crippen molar-refractivity contribution >= 4 is 5.78 Å². The zero-order valence-corrected chi connectivity index (χ0v) is 12.5. The molecule has 0 aliphatic carbocycles. The molecule has 25 heavy (non-hydrogen) atoms. The van der Waals surface area contributed by atoms with E-state index in [0.29, 0.717) is 0 Å². The summed E-state index contributed by atoms with van der Waals surface area (Å²) in [7, 11) is 0. The fourth-order valence-electron chi connectivity index (χ4n) is 2.59. The first-order valence-corrected chi connectivity index (χ1v) is 7.00. The molecule has 2 nitrogen and oxygen atoms in total. The molecule has 0 spiro atoms. The van der Waals surface area contributed by atoms with Crippen molar-refractivity contribution in [2.75, 3.05) is 0 Å². The summed E-state index contributed by atoms with van der Waals surface area (Å²) in [6.45, 7) is 0. The van der Waals surface area contributed by atoms with Gasteiger partial charge in [0.2, 0.25) is 0 Å². The average molecular weight is 362 g/mol. The Morgan fingerprint density at radius 2 is 1.16 bits per heavy atom. The molecular formula is C17H12F6O2. The van der Waals surface area contributed by atoms with E-state index in [9.17, 15) is 36.2 Å². The lowest BCUT2D eigenvalue weighted by Gasteiger charge is -2.37. The molecule has 2 aromatic rings. The van der Waals surface area contributed by atoms with Gasteiger partial charge in [-0.25, -0.2) is 0 Å². The Morgan fingerprint density at radius 3 is 1.56 bits per heavy atom. The predicted octanol–water partition coefficient (Wildman–Crippen LogP) is 4.50. The van der Waals surface area contributed by atoms with Crippen LogP contribution in [-0.4, -0.2) is 23.2 Å². The van der Waals surface area contributed by atoms with E-state index >= 15 is 0 Å². The molecule has 2 aromatic carbocycles. The van der Waals surface area contributed by atoms with Gasteiger partial charge in [0.15, 0.2) is 17.3 Å². The number of rotatable bonds is 4. The molecule has 2 rings (SSSR count). The van der Waals surface area contributed by atoms with Gasteiger partial charge in [-0.2, -0.15) is 26.3 Å². The van der Waals surface area contributed by atoms with Gasteiger partial charge in [-0.05, 0) is 5.56 Å². The van der Waals surface area contributed by atoms with Crippen LogP contribution in [-0.2, 0) is 5.60 Å². The minimum atomic E-state index is -5.90. The second-order valence-corrected chi connectivity index (χ2v) is 5.34. The lowest BCUT2D eigenvalue weighted by Crippen LogP contribution is -2.55. The number of carbonyl (C=O) groups is 1. The molecule has 0 saturated carbocycles. The maximum Gasteiger partial charge on any atom is 0.404 e. The maximum absolute atomic E-state index is 13.2. The minimum Gasteiger partial charge on any atom is -0.376 e. The molecule has 0 saturated heterocycles. The number of hydrogen-bond acceptors (Lipinski definition) is 2. The molecule has 0 aromatic heterocycles. The Balaban J connectivity index is 2.75. The van der Waals surface area contributed by atoms with Crippen molar-refractivity contribution in [3.8, 4) is 0 Å². The summed E-state index contributed by atoms with van der Waals surface area (Å²) in [5.74, 6) is -5.96. The van der Waals surface area contributed by atoms with Crippen LogP contribution in [0.3, 0.4) is 0 Å². The standard InChI is InChI=1S/C17H12F6O2/c18-16(19,20)14(17(21,22)23)15(25,12-9-5-2-6-10-12)13(24)11-7-3-1-4-8-11/h1-10,14,25H. The molecule has 8 heteroatoms. The molecule has 0 fully saturated rings. The fraction of sp³-hybridized carbons (Fsp3) is 0.235. The number of alkyl halides is 6. The maximum atomic E-state index is 13.2. The van der Waals surface area contributed by atoms with Crippen molar-refractivity contribution < 1.29 is 36.2 Å². The molecule has 0 radical (unpaired) electrons. The summed E-state index contributed by atoms with van der Waals surface area (Å²) >= 11 is 0. The van der Waals surface area contributed by atoms with E-state index in [-0.39, 0.29) is 0 Å². The quantitative estimate of drug-likeness (QED) is 0.642. The zero-order chi connectivity index (χ0) is 18.9. The van der Waals surface area contributed by atoms with Gasteiger partial charge in [-0.15, -0.1) is 0 Å². The third-order valence-electron chi connectivity index (χ3n) is 3.67. The van der Waals surface area contributed by atoms with E-state index in [1.54, 1.807) is 0 Å². The molecule has 0 aliphatic heterocycles. The van der Waals surface area contributed by atoms with Gasteiger partial charge in [-0.3, -0.25) is 4.79 Å². The lowest BCUT2D eigenvalue weighted by atomic mass is 9.75. The van der Waals surface area contributed by atoms with Crippen LogP contribution >= 0.6 is 0 Å². The topological polar surface area (TPSA) is 37.3 Å². The van der Waals surface area contributed by atoms with Crippen molar-refractivity contribution in [1.29, 1.82) is 0 Å². The zero-order valence-electron chi connectivity index (χ0n) is 12.5. The number of aliphatic hydroxyl groups is 1. The van der Waals surface area contributed by atoms with E-state index in [1.807, 2.05) is 0 Å². The van der Waals surface area contributed by atoms with Crippen LogP contribution in [0.4, 0.5) is 26.3 Å². The summed E-state index contributed by atoms with van der Waals surface area (Å²) < 4.78 is 79.4. The van der Waals surface area contributed by atoms with Gasteiger partial charge in [0.05, 0.1) is 0 Å². The lowest BCUT2D eigenvalue weighted by molar-refractivity contribution is -0.321. The number of Topliss-reactive ketones (excluding diaryl/α,β-unsaturated/α-hetero) is 1. The highest BCUT2D eigenvalue weighted by molar-refractivity contribution is 6.03. The summed E-state index contributed by atoms with van der Waals surface area (Å²) in [6.07, 6.45) is -11.8. The highest BCUT2D eigenvalue weighted by atomic mass is 19.4. The molecule has 134 valence electrons. The van der Waals surface area contributed by atoms with Crippen molar-refractivity contribution in [2.24, 2.45) is 5.92 Å². The first kappa shape index (κ1) is 19.0. The number of benzene rings is 2. The van der Waals surface area contributed by atoms with Crippen molar-refractivity contribution in [2.45, 2.75) is 18.0 Å². The molecule has 0 amide bonds. The second kappa shape index (κ2) is 6.51. The molecule has 0 heterocycles. The van der Waals surface area contributed by atoms with E-state index < -0.39 is 40.8 Å². The van der Waals surface area contributed by atoms with Gasteiger partial charge in [0.1, 0.15) is 0 Å². The summed E-state index contributed by atoms with van der Waals surface area (Å²) in [6, 6.07) is 11.4. The molecule has 0 aliphatic rings. The monoisotopic (exact) mass is 362 g/mol. The summed E-state index contributed by atoms with van der Waals surface area (Å²) in [5.41, 5.74) is -5.10. The van der Waals surface area contributed by atoms with Gasteiger partial charge in [0, 0.05) is 5.56 Å². The molecule has 1 unspecified atom stereocenters. The van der Waals surface area contributed by atoms with Crippen LogP contribution in [0, 0.1) is 5.92 Å². The van der Waals surface area contributed by atoms with Crippen LogP contribution in [0.15, 0.2) is 60.7 Å². The van der Waals surface area contributed by atoms with Gasteiger partial charge < -0.3 is 5.11 Å². The van der Waals surface area contributed by atoms with Gasteiger partial charge in [0.25, 0.3) is 0 Å². The number of halogens is 6. The largest absolute Gasteiger partial charge is 0.404 e. The summed E-state index contributed by atoms with van der Waals surface area (Å²) in [4.78, 5) is 12.6. The Morgan fingerprint density at radius 1 is 0.760 bits per heavy atom. The highest BCUT2D eigenvalue weighted by Crippen LogP contribution is 2.50. The Bertz CT molecular complexity index is 710. The molecule has 1 atom stereocenters. The minimum absolute atomic E-state index is 0.465. The fourth-order valence-corrected chi connectivity index (χ4v) is 2.59. The van der Waals surface area contributed by atoms with Crippen LogP contribution in [0.2, 0.25) is 0 Å². The van der Waals surface area contributed by atoms with E-state index in [2.05, 4.69) is 0 Å². The Hall–Kier alpha value is -2.35. The number of ketones is 1. The second-order valence-electron chi connectivity index (χ2n) is 5.34. The molecule has 0 bridgehead atoms. The number of hydrogen-bond donors (Lipinski definition) is 1. The normalized spacial score (nSPS) is 15.0. The van der Waals surface area contributed by atoms with Gasteiger partial charge >= 0.3 is 12.4 Å². The van der Waals surface area contributed by atoms with E-state index in [0.717, 1.165) is 36.4 Å².